The van der Waals surface area contributed by atoms with Gasteiger partial charge in [-0.2, -0.15) is 17.5 Å². The van der Waals surface area contributed by atoms with Crippen LogP contribution in [-0.2, 0) is 25.7 Å². The lowest BCUT2D eigenvalue weighted by molar-refractivity contribution is -0.137. The number of amides is 1. The van der Waals surface area contributed by atoms with Crippen molar-refractivity contribution in [2.75, 3.05) is 75.0 Å². The second-order valence-electron chi connectivity index (χ2n) is 7.45. The highest BCUT2D eigenvalue weighted by Gasteiger charge is 2.32. The largest absolute Gasteiger partial charge is 0.416 e. The number of anilines is 2. The number of ether oxygens (including phenoxy) is 1. The van der Waals surface area contributed by atoms with E-state index in [-0.39, 0.29) is 31.1 Å². The second kappa shape index (κ2) is 9.72. The Bertz CT molecular complexity index is 881. The number of morpholine rings is 1. The lowest BCUT2D eigenvalue weighted by Gasteiger charge is -2.33. The molecule has 1 aromatic rings. The van der Waals surface area contributed by atoms with Crippen LogP contribution in [0.2, 0.25) is 0 Å². The van der Waals surface area contributed by atoms with Crippen LogP contribution in [0.5, 0.6) is 0 Å². The number of hydrogen-bond donors (Lipinski definition) is 1. The van der Waals surface area contributed by atoms with E-state index in [0.29, 0.717) is 45.1 Å². The summed E-state index contributed by atoms with van der Waals surface area (Å²) >= 11 is 0. The van der Waals surface area contributed by atoms with Crippen LogP contribution in [0.25, 0.3) is 0 Å². The number of halogens is 3. The zero-order valence-corrected chi connectivity index (χ0v) is 18.1. The Kier molecular flexibility index (Phi) is 7.45. The number of sulfonamides is 1. The maximum Gasteiger partial charge on any atom is 0.416 e. The molecule has 12 heteroatoms. The maximum absolute atomic E-state index is 13.2. The molecule has 2 heterocycles. The third-order valence-electron chi connectivity index (χ3n) is 5.41. The van der Waals surface area contributed by atoms with Crippen LogP contribution in [0.4, 0.5) is 24.5 Å². The van der Waals surface area contributed by atoms with E-state index in [1.165, 1.54) is 10.4 Å². The fraction of sp³-hybridized carbons (Fsp3) is 0.632. The highest BCUT2D eigenvalue weighted by molar-refractivity contribution is 7.89. The Labute approximate surface area is 180 Å². The van der Waals surface area contributed by atoms with Crippen molar-refractivity contribution in [1.82, 2.24) is 9.21 Å². The first-order valence-electron chi connectivity index (χ1n) is 10.1. The highest BCUT2D eigenvalue weighted by atomic mass is 32.2. The normalized spacial score (nSPS) is 19.4. The van der Waals surface area contributed by atoms with Crippen molar-refractivity contribution in [3.8, 4) is 0 Å². The SMILES string of the molecule is CCS(=O)(=O)N1CCN(CC(=O)Nc2cc(C(F)(F)F)ccc2N2CCOCC2)CC1. The summed E-state index contributed by atoms with van der Waals surface area (Å²) in [7, 11) is -3.27. The van der Waals surface area contributed by atoms with Gasteiger partial charge in [-0.05, 0) is 25.1 Å². The van der Waals surface area contributed by atoms with Crippen LogP contribution >= 0.6 is 0 Å². The first-order valence-corrected chi connectivity index (χ1v) is 11.7. The molecule has 0 unspecified atom stereocenters. The highest BCUT2D eigenvalue weighted by Crippen LogP contribution is 2.35. The molecule has 0 radical (unpaired) electrons. The lowest BCUT2D eigenvalue weighted by atomic mass is 10.1. The zero-order chi connectivity index (χ0) is 22.6. The molecule has 2 aliphatic heterocycles. The molecule has 0 aliphatic carbocycles. The molecule has 1 amide bonds. The lowest BCUT2D eigenvalue weighted by Crippen LogP contribution is -2.50. The van der Waals surface area contributed by atoms with Crippen molar-refractivity contribution < 1.29 is 31.1 Å². The standard InChI is InChI=1S/C19H27F3N4O4S/c1-2-31(28,29)26-7-5-24(6-8-26)14-18(27)23-16-13-15(19(20,21)22)3-4-17(16)25-9-11-30-12-10-25/h3-4,13H,2,5-12,14H2,1H3,(H,23,27). The number of carbonyl (C=O) groups is 1. The van der Waals surface area contributed by atoms with Crippen LogP contribution in [0.1, 0.15) is 12.5 Å². The van der Waals surface area contributed by atoms with Gasteiger partial charge < -0.3 is 15.0 Å². The van der Waals surface area contributed by atoms with Crippen LogP contribution < -0.4 is 10.2 Å². The van der Waals surface area contributed by atoms with Crippen LogP contribution in [-0.4, -0.2) is 88.3 Å². The van der Waals surface area contributed by atoms with E-state index in [0.717, 1.165) is 12.1 Å². The molecule has 1 aromatic carbocycles. The van der Waals surface area contributed by atoms with E-state index in [1.807, 2.05) is 4.90 Å². The van der Waals surface area contributed by atoms with E-state index >= 15 is 0 Å². The monoisotopic (exact) mass is 464 g/mol. The molecular weight excluding hydrogens is 437 g/mol. The van der Waals surface area contributed by atoms with Gasteiger partial charge in [0.2, 0.25) is 15.9 Å². The van der Waals surface area contributed by atoms with Gasteiger partial charge in [0.15, 0.2) is 0 Å². The Hall–Kier alpha value is -1.89. The van der Waals surface area contributed by atoms with E-state index in [4.69, 9.17) is 4.74 Å². The van der Waals surface area contributed by atoms with Gasteiger partial charge in [0, 0.05) is 39.3 Å². The molecule has 2 aliphatic rings. The molecule has 2 saturated heterocycles. The van der Waals surface area contributed by atoms with Gasteiger partial charge in [-0.25, -0.2) is 8.42 Å². The Morgan fingerprint density at radius 3 is 2.32 bits per heavy atom. The first-order chi connectivity index (χ1) is 14.6. The summed E-state index contributed by atoms with van der Waals surface area (Å²) in [6.45, 7) is 4.83. The predicted molar refractivity (Wildman–Crippen MR) is 111 cm³/mol. The van der Waals surface area contributed by atoms with Crippen molar-refractivity contribution in [2.45, 2.75) is 13.1 Å². The molecule has 0 spiro atoms. The second-order valence-corrected chi connectivity index (χ2v) is 9.71. The first kappa shape index (κ1) is 23.8. The topological polar surface area (TPSA) is 82.2 Å². The summed E-state index contributed by atoms with van der Waals surface area (Å²) in [4.78, 5) is 16.3. The number of hydrogen-bond acceptors (Lipinski definition) is 6. The van der Waals surface area contributed by atoms with Crippen LogP contribution in [0, 0.1) is 0 Å². The van der Waals surface area contributed by atoms with Gasteiger partial charge in [0.25, 0.3) is 0 Å². The van der Waals surface area contributed by atoms with Gasteiger partial charge in [0.1, 0.15) is 0 Å². The summed E-state index contributed by atoms with van der Waals surface area (Å²) < 4.78 is 70.2. The third kappa shape index (κ3) is 6.09. The molecule has 174 valence electrons. The van der Waals surface area contributed by atoms with Gasteiger partial charge in [-0.15, -0.1) is 0 Å². The summed E-state index contributed by atoms with van der Waals surface area (Å²) in [5.74, 6) is -0.423. The fourth-order valence-corrected chi connectivity index (χ4v) is 4.72. The van der Waals surface area contributed by atoms with Gasteiger partial charge in [-0.1, -0.05) is 0 Å². The van der Waals surface area contributed by atoms with Crippen molar-refractivity contribution in [2.24, 2.45) is 0 Å². The van der Waals surface area contributed by atoms with Gasteiger partial charge in [-0.3, -0.25) is 9.69 Å². The van der Waals surface area contributed by atoms with Crippen molar-refractivity contribution in [3.05, 3.63) is 23.8 Å². The molecular formula is C19H27F3N4O4S. The molecule has 0 saturated carbocycles. The van der Waals surface area contributed by atoms with E-state index in [2.05, 4.69) is 5.32 Å². The number of rotatable bonds is 6. The molecule has 2 fully saturated rings. The smallest absolute Gasteiger partial charge is 0.378 e. The molecule has 0 bridgehead atoms. The summed E-state index contributed by atoms with van der Waals surface area (Å²) in [6, 6.07) is 3.33. The molecule has 3 rings (SSSR count). The number of nitrogens with zero attached hydrogens (tertiary/aromatic N) is 3. The van der Waals surface area contributed by atoms with Crippen molar-refractivity contribution >= 4 is 27.3 Å². The summed E-state index contributed by atoms with van der Waals surface area (Å²) in [5.41, 5.74) is -0.212. The molecule has 8 nitrogen and oxygen atoms in total. The van der Waals surface area contributed by atoms with E-state index in [9.17, 15) is 26.4 Å². The van der Waals surface area contributed by atoms with Gasteiger partial charge >= 0.3 is 6.18 Å². The number of benzene rings is 1. The Morgan fingerprint density at radius 2 is 1.74 bits per heavy atom. The molecule has 0 aromatic heterocycles. The average molecular weight is 465 g/mol. The molecule has 1 N–H and O–H groups in total. The van der Waals surface area contributed by atoms with E-state index < -0.39 is 27.7 Å². The fourth-order valence-electron chi connectivity index (χ4n) is 3.63. The number of nitrogens with one attached hydrogen (secondary N) is 1. The number of piperazine rings is 1. The van der Waals surface area contributed by atoms with Gasteiger partial charge in [0.05, 0.1) is 42.4 Å². The predicted octanol–water partition coefficient (Wildman–Crippen LogP) is 1.45. The van der Waals surface area contributed by atoms with Crippen molar-refractivity contribution in [1.29, 1.82) is 0 Å². The summed E-state index contributed by atoms with van der Waals surface area (Å²) in [6.07, 6.45) is -4.52. The number of carbonyl (C=O) groups excluding carboxylic acids is 1. The molecule has 0 atom stereocenters. The average Bonchev–Trinajstić information content (AvgIpc) is 2.74. The maximum atomic E-state index is 13.2. The summed E-state index contributed by atoms with van der Waals surface area (Å²) in [5, 5.41) is 2.63. The quantitative estimate of drug-likeness (QED) is 0.687. The number of alkyl halides is 3. The molecule has 31 heavy (non-hydrogen) atoms. The minimum Gasteiger partial charge on any atom is -0.378 e. The zero-order valence-electron chi connectivity index (χ0n) is 17.3. The van der Waals surface area contributed by atoms with Crippen LogP contribution in [0.3, 0.4) is 0 Å². The van der Waals surface area contributed by atoms with Crippen molar-refractivity contribution in [3.63, 3.8) is 0 Å². The Balaban J connectivity index is 1.68. The van der Waals surface area contributed by atoms with E-state index in [1.54, 1.807) is 11.8 Å². The minimum atomic E-state index is -4.52. The van der Waals surface area contributed by atoms with Crippen LogP contribution in [0.15, 0.2) is 18.2 Å². The Morgan fingerprint density at radius 1 is 1.10 bits per heavy atom. The minimum absolute atomic E-state index is 0.0212. The third-order valence-corrected chi connectivity index (χ3v) is 7.29.